The van der Waals surface area contributed by atoms with Crippen molar-refractivity contribution in [3.63, 3.8) is 0 Å². The van der Waals surface area contributed by atoms with E-state index in [1.807, 2.05) is 0 Å². The molecule has 8 aromatic rings. The molecule has 8 rings (SSSR count). The van der Waals surface area contributed by atoms with Crippen LogP contribution in [0.25, 0.3) is 64.5 Å². The molecule has 0 bridgehead atoms. The maximum atomic E-state index is 11.5. The van der Waals surface area contributed by atoms with Crippen LogP contribution in [0.4, 0.5) is 0 Å². The van der Waals surface area contributed by atoms with E-state index in [1.165, 1.54) is 61.7 Å². The van der Waals surface area contributed by atoms with Gasteiger partial charge in [-0.2, -0.15) is 9.97 Å². The van der Waals surface area contributed by atoms with Crippen molar-refractivity contribution < 1.29 is 52.8 Å². The van der Waals surface area contributed by atoms with Crippen LogP contribution < -0.4 is 18.9 Å². The number of hydrogen-bond donors (Lipinski definition) is 1. The zero-order valence-electron chi connectivity index (χ0n) is 29.6. The van der Waals surface area contributed by atoms with Gasteiger partial charge in [0.15, 0.2) is 0 Å². The number of carboxylic acid groups (broad SMARTS) is 1. The number of fused-ring (bicyclic) bond motifs is 2. The number of benzene rings is 4. The number of thiophene rings is 2. The molecule has 0 fully saturated rings. The van der Waals surface area contributed by atoms with Crippen molar-refractivity contribution in [2.24, 2.45) is 0 Å². The molecule has 14 heteroatoms. The predicted molar refractivity (Wildman–Crippen MR) is 200 cm³/mol. The summed E-state index contributed by atoms with van der Waals surface area (Å²) >= 11 is 3.28. The van der Waals surface area contributed by atoms with Crippen LogP contribution in [-0.4, -0.2) is 49.9 Å². The van der Waals surface area contributed by atoms with E-state index in [1.54, 1.807) is 59.1 Å². The van der Waals surface area contributed by atoms with Crippen molar-refractivity contribution in [1.82, 2.24) is 20.3 Å². The third-order valence-electron chi connectivity index (χ3n) is 8.42. The van der Waals surface area contributed by atoms with Crippen LogP contribution in [0.5, 0.6) is 0 Å². The first-order valence-electron chi connectivity index (χ1n) is 15.8. The monoisotopic (exact) mass is 738 g/mol. The van der Waals surface area contributed by atoms with Crippen LogP contribution in [0.15, 0.2) is 94.0 Å². The zero-order valence-corrected chi connectivity index (χ0v) is 31.3. The molecule has 11 nitrogen and oxygen atoms in total. The summed E-state index contributed by atoms with van der Waals surface area (Å²) in [4.78, 5) is 33.3. The van der Waals surface area contributed by atoms with Crippen LogP contribution in [0.2, 0.25) is 0 Å². The van der Waals surface area contributed by atoms with Crippen LogP contribution in [0, 0.1) is 27.7 Å². The maximum absolute atomic E-state index is 11.5. The minimum absolute atomic E-state index is 0. The first kappa shape index (κ1) is 38.8. The molecule has 0 aliphatic heterocycles. The van der Waals surface area contributed by atoms with Gasteiger partial charge in [0, 0.05) is 20.5 Å². The zero-order chi connectivity index (χ0) is 35.8. The van der Waals surface area contributed by atoms with E-state index < -0.39 is 5.97 Å². The first-order valence-corrected chi connectivity index (χ1v) is 17.4. The van der Waals surface area contributed by atoms with Crippen LogP contribution in [-0.2, 0) is 4.74 Å². The Morgan fingerprint density at radius 1 is 0.623 bits per heavy atom. The van der Waals surface area contributed by atoms with E-state index in [4.69, 9.17) is 18.9 Å². The Morgan fingerprint density at radius 2 is 1.02 bits per heavy atom. The summed E-state index contributed by atoms with van der Waals surface area (Å²) in [5, 5.41) is 19.5. The van der Waals surface area contributed by atoms with E-state index >= 15 is 0 Å². The second kappa shape index (κ2) is 16.1. The smallest absolute Gasteiger partial charge is 0.870 e. The Morgan fingerprint density at radius 3 is 1.40 bits per heavy atom. The number of methoxy groups -OCH3 is 1. The van der Waals surface area contributed by atoms with Crippen molar-refractivity contribution in [2.45, 2.75) is 27.7 Å². The molecule has 4 aromatic carbocycles. The van der Waals surface area contributed by atoms with Crippen molar-refractivity contribution in [1.29, 1.82) is 0 Å². The third-order valence-corrected chi connectivity index (χ3v) is 10.9. The van der Waals surface area contributed by atoms with Gasteiger partial charge in [-0.3, -0.25) is 0 Å². The van der Waals surface area contributed by atoms with Crippen molar-refractivity contribution in [2.75, 3.05) is 7.11 Å². The van der Waals surface area contributed by atoms with E-state index in [0.717, 1.165) is 15.3 Å². The topological polar surface area (TPSA) is 171 Å². The molecule has 0 unspecified atom stereocenters. The molecule has 4 aromatic heterocycles. The van der Waals surface area contributed by atoms with Gasteiger partial charge in [0.05, 0.1) is 28.0 Å². The summed E-state index contributed by atoms with van der Waals surface area (Å²) < 4.78 is 18.1. The fourth-order valence-corrected chi connectivity index (χ4v) is 7.76. The summed E-state index contributed by atoms with van der Waals surface area (Å²) in [7, 11) is 1.36. The first-order chi connectivity index (χ1) is 24.6. The predicted octanol–water partition coefficient (Wildman–Crippen LogP) is 6.78. The molecule has 0 saturated heterocycles. The number of aryl methyl sites for hydroxylation is 4. The van der Waals surface area contributed by atoms with Crippen LogP contribution in [0.1, 0.15) is 43.0 Å². The number of carboxylic acids is 1. The normalized spacial score (nSPS) is 10.7. The van der Waals surface area contributed by atoms with E-state index in [-0.39, 0.29) is 35.9 Å². The molecule has 0 aliphatic carbocycles. The SMILES string of the molecule is COC(=O)c1ccc(-c2noc(-c3cc4c(C)ccc(C)c4s3)n2)cc1.Cc1ccc(C)c2sc(-c3nc(-c4ccc(C(=O)O)cc4)no3)cc12.[Li+].[OH-]. The maximum Gasteiger partial charge on any atom is 1.00 e. The van der Waals surface area contributed by atoms with Gasteiger partial charge in [-0.1, -0.05) is 58.8 Å². The molecule has 262 valence electrons. The van der Waals surface area contributed by atoms with Gasteiger partial charge < -0.3 is 24.4 Å². The molecule has 4 heterocycles. The standard InChI is InChI=1S/C20H16N2O3S.C19H14N2O3S.Li.H2O/c1-11-4-5-12(2)17-15(11)10-16(26-17)19-21-18(22-25-19)13-6-8-14(9-7-13)20(23)24-3;1-10-3-4-11(2)16-14(10)9-15(25-16)18-20-17(21-24-18)12-5-7-13(8-6-12)19(22)23;;/h4-10H,1-3H3;3-9H,1-2H3,(H,22,23);;1H2/q;;+1;/p-1. The Hall–Kier alpha value is -5.42. The Labute approximate surface area is 323 Å². The van der Waals surface area contributed by atoms with Gasteiger partial charge in [-0.15, -0.1) is 22.7 Å². The molecular formula is C39H31LiN4O7S2. The fourth-order valence-electron chi connectivity index (χ4n) is 5.51. The number of carbonyl (C=O) groups excluding carboxylic acids is 1. The number of esters is 1. The molecule has 0 radical (unpaired) electrons. The van der Waals surface area contributed by atoms with Gasteiger partial charge in [0.2, 0.25) is 11.6 Å². The quantitative estimate of drug-likeness (QED) is 0.141. The molecule has 0 aliphatic rings. The van der Waals surface area contributed by atoms with E-state index in [9.17, 15) is 9.59 Å². The molecule has 0 saturated carbocycles. The van der Waals surface area contributed by atoms with E-state index in [2.05, 4.69) is 84.4 Å². The summed E-state index contributed by atoms with van der Waals surface area (Å²) in [6.07, 6.45) is 0. The summed E-state index contributed by atoms with van der Waals surface area (Å²) in [6, 6.07) is 26.0. The van der Waals surface area contributed by atoms with Gasteiger partial charge in [-0.25, -0.2) is 9.59 Å². The minimum atomic E-state index is -0.962. The summed E-state index contributed by atoms with van der Waals surface area (Å²) in [5.41, 5.74) is 7.10. The van der Waals surface area contributed by atoms with Gasteiger partial charge >= 0.3 is 30.8 Å². The van der Waals surface area contributed by atoms with Gasteiger partial charge in [0.25, 0.3) is 11.8 Å². The Balaban J connectivity index is 0.000000197. The molecule has 0 atom stereocenters. The average Bonchev–Trinajstić information content (AvgIpc) is 3.97. The fraction of sp³-hybridized carbons (Fsp3) is 0.128. The largest absolute Gasteiger partial charge is 1.00 e. The number of nitrogens with zero attached hydrogens (tertiary/aromatic N) is 4. The van der Waals surface area contributed by atoms with Crippen LogP contribution >= 0.6 is 22.7 Å². The molecular weight excluding hydrogens is 708 g/mol. The number of carbonyl (C=O) groups is 2. The Bertz CT molecular complexity index is 2490. The Kier molecular flexibility index (Phi) is 11.8. The number of aromatic nitrogens is 4. The second-order valence-corrected chi connectivity index (χ2v) is 14.0. The van der Waals surface area contributed by atoms with Crippen molar-refractivity contribution in [3.8, 4) is 44.3 Å². The second-order valence-electron chi connectivity index (χ2n) is 11.9. The van der Waals surface area contributed by atoms with Crippen LogP contribution in [0.3, 0.4) is 0 Å². The molecule has 0 amide bonds. The van der Waals surface area contributed by atoms with E-state index in [0.29, 0.717) is 34.6 Å². The number of ether oxygens (including phenoxy) is 1. The summed E-state index contributed by atoms with van der Waals surface area (Å²) in [6.45, 7) is 8.37. The molecule has 53 heavy (non-hydrogen) atoms. The summed E-state index contributed by atoms with van der Waals surface area (Å²) in [5.74, 6) is 0.562. The third kappa shape index (κ3) is 7.85. The molecule has 0 spiro atoms. The number of hydrogen-bond acceptors (Lipinski definition) is 12. The number of aromatic carboxylic acids is 1. The van der Waals surface area contributed by atoms with Crippen molar-refractivity contribution in [3.05, 3.63) is 118 Å². The van der Waals surface area contributed by atoms with Gasteiger partial charge in [-0.05, 0) is 97.1 Å². The van der Waals surface area contributed by atoms with Crippen molar-refractivity contribution >= 4 is 54.8 Å². The average molecular weight is 739 g/mol. The minimum Gasteiger partial charge on any atom is -0.870 e. The molecule has 2 N–H and O–H groups in total. The van der Waals surface area contributed by atoms with Gasteiger partial charge in [0.1, 0.15) is 0 Å². The number of rotatable bonds is 6.